The van der Waals surface area contributed by atoms with Gasteiger partial charge in [-0.25, -0.2) is 0 Å². The maximum Gasteiger partial charge on any atom is 0.241 e. The molecule has 0 saturated carbocycles. The van der Waals surface area contributed by atoms with Crippen LogP contribution in [0.3, 0.4) is 0 Å². The Morgan fingerprint density at radius 3 is 2.19 bits per heavy atom. The van der Waals surface area contributed by atoms with Crippen LogP contribution in [0.5, 0.6) is 0 Å². The van der Waals surface area contributed by atoms with Crippen molar-refractivity contribution < 1.29 is 9.53 Å². The molecule has 0 bridgehead atoms. The number of amides is 1. The number of ether oxygens (including phenoxy) is 1. The average Bonchev–Trinajstić information content (AvgIpc) is 2.69. The number of carbonyl (C=O) groups excluding carboxylic acids is 1. The number of carbonyl (C=O) groups is 1. The van der Waals surface area contributed by atoms with Crippen LogP contribution in [-0.2, 0) is 16.0 Å². The van der Waals surface area contributed by atoms with Gasteiger partial charge in [-0.2, -0.15) is 0 Å². The summed E-state index contributed by atoms with van der Waals surface area (Å²) in [5.74, 6) is 0.0817. The second kappa shape index (κ2) is 10.5. The predicted octanol–water partition coefficient (Wildman–Crippen LogP) is 4.42. The summed E-state index contributed by atoms with van der Waals surface area (Å²) in [6.07, 6.45) is 3.96. The Morgan fingerprint density at radius 2 is 1.63 bits per heavy atom. The van der Waals surface area contributed by atoms with Gasteiger partial charge in [-0.1, -0.05) is 49.7 Å². The molecule has 0 aromatic heterocycles. The zero-order chi connectivity index (χ0) is 18.4. The van der Waals surface area contributed by atoms with Crippen LogP contribution in [0.15, 0.2) is 48.5 Å². The molecule has 4 nitrogen and oxygen atoms in total. The summed E-state index contributed by atoms with van der Waals surface area (Å²) in [6, 6.07) is 16.1. The molecule has 27 heavy (non-hydrogen) atoms. The summed E-state index contributed by atoms with van der Waals surface area (Å²) < 4.78 is 5.34. The lowest BCUT2D eigenvalue weighted by Crippen LogP contribution is -2.43. The fraction of sp³-hybridized carbons (Fsp3) is 0.409. The first kappa shape index (κ1) is 21.4. The van der Waals surface area contributed by atoms with Crippen molar-refractivity contribution in [2.24, 2.45) is 11.7 Å². The number of hydrogen-bond donors (Lipinski definition) is 2. The molecule has 3 N–H and O–H groups in total. The number of halogens is 1. The lowest BCUT2D eigenvalue weighted by atomic mass is 9.92. The van der Waals surface area contributed by atoms with Gasteiger partial charge in [-0.3, -0.25) is 4.79 Å². The van der Waals surface area contributed by atoms with E-state index in [0.29, 0.717) is 13.2 Å². The van der Waals surface area contributed by atoms with Gasteiger partial charge in [0.2, 0.25) is 5.91 Å². The van der Waals surface area contributed by atoms with E-state index in [1.54, 1.807) is 0 Å². The van der Waals surface area contributed by atoms with Crippen LogP contribution < -0.4 is 11.1 Å². The molecule has 1 aliphatic heterocycles. The highest BCUT2D eigenvalue weighted by molar-refractivity contribution is 5.95. The summed E-state index contributed by atoms with van der Waals surface area (Å²) in [7, 11) is 0. The molecule has 0 spiro atoms. The first-order valence-electron chi connectivity index (χ1n) is 9.51. The van der Waals surface area contributed by atoms with Crippen LogP contribution in [0.1, 0.15) is 31.7 Å². The first-order chi connectivity index (χ1) is 12.7. The predicted molar refractivity (Wildman–Crippen MR) is 113 cm³/mol. The molecule has 146 valence electrons. The van der Waals surface area contributed by atoms with E-state index in [1.165, 1.54) is 11.1 Å². The van der Waals surface area contributed by atoms with E-state index >= 15 is 0 Å². The third-order valence-corrected chi connectivity index (χ3v) is 5.05. The summed E-state index contributed by atoms with van der Waals surface area (Å²) in [4.78, 5) is 12.4. The van der Waals surface area contributed by atoms with Crippen molar-refractivity contribution in [3.8, 4) is 11.1 Å². The first-order valence-corrected chi connectivity index (χ1v) is 9.51. The van der Waals surface area contributed by atoms with Crippen LogP contribution >= 0.6 is 12.4 Å². The molecular weight excluding hydrogens is 360 g/mol. The molecule has 1 saturated heterocycles. The number of anilines is 1. The van der Waals surface area contributed by atoms with Gasteiger partial charge in [0.25, 0.3) is 0 Å². The van der Waals surface area contributed by atoms with Gasteiger partial charge in [-0.05, 0) is 54.0 Å². The average molecular weight is 389 g/mol. The van der Waals surface area contributed by atoms with E-state index in [-0.39, 0.29) is 24.2 Å². The molecular formula is C22H29ClN2O2. The molecule has 2 aromatic rings. The second-order valence-electron chi connectivity index (χ2n) is 6.99. The summed E-state index contributed by atoms with van der Waals surface area (Å²) in [5.41, 5.74) is 10.6. The Kier molecular flexibility index (Phi) is 8.29. The molecule has 1 amide bonds. The molecule has 3 rings (SSSR count). The smallest absolute Gasteiger partial charge is 0.241 e. The molecule has 1 fully saturated rings. The van der Waals surface area contributed by atoms with Crippen LogP contribution in [0.4, 0.5) is 5.69 Å². The highest BCUT2D eigenvalue weighted by Gasteiger charge is 2.26. The Labute approximate surface area is 167 Å². The maximum atomic E-state index is 12.4. The van der Waals surface area contributed by atoms with Crippen molar-refractivity contribution in [2.75, 3.05) is 18.5 Å². The Morgan fingerprint density at radius 1 is 1.07 bits per heavy atom. The van der Waals surface area contributed by atoms with Crippen LogP contribution in [-0.4, -0.2) is 25.2 Å². The van der Waals surface area contributed by atoms with E-state index in [1.807, 2.05) is 24.3 Å². The number of nitrogens with one attached hydrogen (secondary N) is 1. The zero-order valence-electron chi connectivity index (χ0n) is 15.8. The van der Waals surface area contributed by atoms with E-state index < -0.39 is 6.04 Å². The number of benzene rings is 2. The molecule has 2 aromatic carbocycles. The Bertz CT molecular complexity index is 710. The number of aryl methyl sites for hydroxylation is 1. The van der Waals surface area contributed by atoms with E-state index in [2.05, 4.69) is 36.5 Å². The van der Waals surface area contributed by atoms with Crippen molar-refractivity contribution in [1.29, 1.82) is 0 Å². The molecule has 1 unspecified atom stereocenters. The van der Waals surface area contributed by atoms with Gasteiger partial charge in [0.05, 0.1) is 6.04 Å². The minimum Gasteiger partial charge on any atom is -0.381 e. The minimum atomic E-state index is -0.482. The zero-order valence-corrected chi connectivity index (χ0v) is 16.6. The van der Waals surface area contributed by atoms with Crippen molar-refractivity contribution in [3.63, 3.8) is 0 Å². The van der Waals surface area contributed by atoms with Crippen LogP contribution in [0.2, 0.25) is 0 Å². The fourth-order valence-corrected chi connectivity index (χ4v) is 3.41. The van der Waals surface area contributed by atoms with Gasteiger partial charge in [0, 0.05) is 18.9 Å². The highest BCUT2D eigenvalue weighted by atomic mass is 35.5. The van der Waals surface area contributed by atoms with Crippen molar-refractivity contribution >= 4 is 24.0 Å². The van der Waals surface area contributed by atoms with Gasteiger partial charge < -0.3 is 15.8 Å². The molecule has 1 atom stereocenters. The quantitative estimate of drug-likeness (QED) is 0.769. The second-order valence-corrected chi connectivity index (χ2v) is 6.99. The summed E-state index contributed by atoms with van der Waals surface area (Å²) in [5, 5.41) is 2.94. The topological polar surface area (TPSA) is 64.4 Å². The lowest BCUT2D eigenvalue weighted by molar-refractivity contribution is -0.119. The van der Waals surface area contributed by atoms with Crippen molar-refractivity contribution in [1.82, 2.24) is 0 Å². The Hall–Kier alpha value is -1.88. The third kappa shape index (κ3) is 5.80. The van der Waals surface area contributed by atoms with Crippen LogP contribution in [0, 0.1) is 5.92 Å². The van der Waals surface area contributed by atoms with Gasteiger partial charge >= 0.3 is 0 Å². The standard InChI is InChI=1S/C22H28N2O2.ClH/c1-2-3-16-4-6-17(7-5-16)18-8-10-20(11-9-18)24-22(25)21(23)19-12-14-26-15-13-19;/h4-11,19,21H,2-3,12-15,23H2,1H3,(H,24,25);1H. The maximum absolute atomic E-state index is 12.4. The number of hydrogen-bond acceptors (Lipinski definition) is 3. The van der Waals surface area contributed by atoms with E-state index in [0.717, 1.165) is 36.9 Å². The highest BCUT2D eigenvalue weighted by Crippen LogP contribution is 2.23. The molecule has 5 heteroatoms. The van der Waals surface area contributed by atoms with E-state index in [9.17, 15) is 4.79 Å². The van der Waals surface area contributed by atoms with Gasteiger partial charge in [0.1, 0.15) is 0 Å². The van der Waals surface area contributed by atoms with Gasteiger partial charge in [-0.15, -0.1) is 12.4 Å². The minimum absolute atomic E-state index is 0. The third-order valence-electron chi connectivity index (χ3n) is 5.05. The normalized spacial score (nSPS) is 15.6. The summed E-state index contributed by atoms with van der Waals surface area (Å²) in [6.45, 7) is 3.57. The molecule has 1 aliphatic rings. The lowest BCUT2D eigenvalue weighted by Gasteiger charge is -2.26. The SMILES string of the molecule is CCCc1ccc(-c2ccc(NC(=O)C(N)C3CCOCC3)cc2)cc1.Cl. The van der Waals surface area contributed by atoms with E-state index in [4.69, 9.17) is 10.5 Å². The van der Waals surface area contributed by atoms with Crippen molar-refractivity contribution in [2.45, 2.75) is 38.6 Å². The monoisotopic (exact) mass is 388 g/mol. The largest absolute Gasteiger partial charge is 0.381 e. The Balaban J connectivity index is 0.00000261. The fourth-order valence-electron chi connectivity index (χ4n) is 3.41. The summed E-state index contributed by atoms with van der Waals surface area (Å²) >= 11 is 0. The van der Waals surface area contributed by atoms with Crippen molar-refractivity contribution in [3.05, 3.63) is 54.1 Å². The number of nitrogens with two attached hydrogens (primary N) is 1. The molecule has 0 aliphatic carbocycles. The van der Waals surface area contributed by atoms with Gasteiger partial charge in [0.15, 0.2) is 0 Å². The number of rotatable bonds is 6. The molecule has 0 radical (unpaired) electrons. The van der Waals surface area contributed by atoms with Crippen LogP contribution in [0.25, 0.3) is 11.1 Å². The molecule has 1 heterocycles.